The molecule has 0 radical (unpaired) electrons. The third kappa shape index (κ3) is 1.25. The third-order valence-corrected chi connectivity index (χ3v) is 2.93. The summed E-state index contributed by atoms with van der Waals surface area (Å²) in [6.07, 6.45) is 0. The van der Waals surface area contributed by atoms with Gasteiger partial charge in [0.05, 0.1) is 5.69 Å². The second kappa shape index (κ2) is 3.23. The Kier molecular flexibility index (Phi) is 1.86. The average molecular weight is 212 g/mol. The maximum Gasteiger partial charge on any atom is 0.246 e. The molecule has 1 atom stereocenters. The van der Waals surface area contributed by atoms with E-state index in [9.17, 15) is 4.79 Å². The second-order valence-corrected chi connectivity index (χ2v) is 4.06. The van der Waals surface area contributed by atoms with Gasteiger partial charge >= 0.3 is 0 Å². The summed E-state index contributed by atoms with van der Waals surface area (Å²) in [5, 5.41) is 8.38. The van der Waals surface area contributed by atoms with Crippen LogP contribution in [0.15, 0.2) is 36.4 Å². The SMILES string of the molecule is CC1Nc2cccc3cccc(c23)NC1=O. The molecule has 2 aromatic rings. The number of carbonyl (C=O) groups excluding carboxylic acids is 1. The van der Waals surface area contributed by atoms with Gasteiger partial charge in [-0.25, -0.2) is 0 Å². The molecule has 0 spiro atoms. The van der Waals surface area contributed by atoms with E-state index in [0.717, 1.165) is 22.1 Å². The Bertz CT molecular complexity index is 572. The van der Waals surface area contributed by atoms with E-state index < -0.39 is 0 Å². The van der Waals surface area contributed by atoms with Crippen LogP contribution < -0.4 is 10.6 Å². The predicted octanol–water partition coefficient (Wildman–Crippen LogP) is 2.59. The molecular formula is C13H12N2O. The van der Waals surface area contributed by atoms with Gasteiger partial charge in [-0.05, 0) is 24.4 Å². The van der Waals surface area contributed by atoms with Crippen LogP contribution in [0.2, 0.25) is 0 Å². The van der Waals surface area contributed by atoms with Crippen molar-refractivity contribution in [2.75, 3.05) is 10.6 Å². The normalized spacial score (nSPS) is 18.8. The zero-order valence-corrected chi connectivity index (χ0v) is 8.95. The highest BCUT2D eigenvalue weighted by atomic mass is 16.2. The van der Waals surface area contributed by atoms with Crippen LogP contribution >= 0.6 is 0 Å². The van der Waals surface area contributed by atoms with Gasteiger partial charge in [-0.15, -0.1) is 0 Å². The first kappa shape index (κ1) is 9.21. The van der Waals surface area contributed by atoms with Gasteiger partial charge in [0.1, 0.15) is 6.04 Å². The highest BCUT2D eigenvalue weighted by molar-refractivity contribution is 6.12. The van der Waals surface area contributed by atoms with Crippen LogP contribution in [-0.4, -0.2) is 11.9 Å². The van der Waals surface area contributed by atoms with Crippen molar-refractivity contribution < 1.29 is 4.79 Å². The zero-order chi connectivity index (χ0) is 11.1. The van der Waals surface area contributed by atoms with Gasteiger partial charge in [0.15, 0.2) is 0 Å². The Balaban J connectivity index is 2.35. The number of benzene rings is 2. The Morgan fingerprint density at radius 2 is 1.75 bits per heavy atom. The van der Waals surface area contributed by atoms with Crippen LogP contribution in [0.4, 0.5) is 11.4 Å². The molecule has 0 saturated heterocycles. The molecule has 0 fully saturated rings. The van der Waals surface area contributed by atoms with Gasteiger partial charge in [0.25, 0.3) is 0 Å². The minimum atomic E-state index is -0.210. The molecule has 1 aliphatic heterocycles. The maximum atomic E-state index is 11.7. The van der Waals surface area contributed by atoms with E-state index in [1.165, 1.54) is 0 Å². The quantitative estimate of drug-likeness (QED) is 0.704. The minimum Gasteiger partial charge on any atom is -0.373 e. The molecule has 2 N–H and O–H groups in total. The van der Waals surface area contributed by atoms with Gasteiger partial charge in [0, 0.05) is 11.1 Å². The van der Waals surface area contributed by atoms with Crippen LogP contribution in [0.3, 0.4) is 0 Å². The van der Waals surface area contributed by atoms with Gasteiger partial charge in [-0.2, -0.15) is 0 Å². The van der Waals surface area contributed by atoms with E-state index in [1.54, 1.807) is 0 Å². The zero-order valence-electron chi connectivity index (χ0n) is 8.95. The fraction of sp³-hybridized carbons (Fsp3) is 0.154. The van der Waals surface area contributed by atoms with Crippen LogP contribution in [0.1, 0.15) is 6.92 Å². The van der Waals surface area contributed by atoms with Gasteiger partial charge < -0.3 is 10.6 Å². The van der Waals surface area contributed by atoms with Crippen LogP contribution in [0, 0.1) is 0 Å². The Morgan fingerprint density at radius 3 is 2.50 bits per heavy atom. The molecular weight excluding hydrogens is 200 g/mol. The molecule has 1 amide bonds. The molecule has 16 heavy (non-hydrogen) atoms. The molecule has 3 rings (SSSR count). The van der Waals surface area contributed by atoms with Gasteiger partial charge in [-0.1, -0.05) is 24.3 Å². The summed E-state index contributed by atoms with van der Waals surface area (Å²) in [4.78, 5) is 11.7. The van der Waals surface area contributed by atoms with Crippen molar-refractivity contribution in [1.29, 1.82) is 0 Å². The lowest BCUT2D eigenvalue weighted by Crippen LogP contribution is -2.29. The number of hydrogen-bond donors (Lipinski definition) is 2. The van der Waals surface area contributed by atoms with Crippen LogP contribution in [-0.2, 0) is 4.79 Å². The lowest BCUT2D eigenvalue weighted by molar-refractivity contribution is -0.116. The van der Waals surface area contributed by atoms with Gasteiger partial charge in [-0.3, -0.25) is 4.79 Å². The van der Waals surface area contributed by atoms with E-state index in [0.29, 0.717) is 0 Å². The number of amides is 1. The van der Waals surface area contributed by atoms with E-state index in [1.807, 2.05) is 43.3 Å². The molecule has 1 heterocycles. The lowest BCUT2D eigenvalue weighted by atomic mass is 10.1. The molecule has 3 heteroatoms. The number of carbonyl (C=O) groups is 1. The Hall–Kier alpha value is -2.03. The third-order valence-electron chi connectivity index (χ3n) is 2.93. The molecule has 2 aromatic carbocycles. The summed E-state index contributed by atoms with van der Waals surface area (Å²) in [6.45, 7) is 1.86. The van der Waals surface area contributed by atoms with Crippen molar-refractivity contribution in [2.24, 2.45) is 0 Å². The minimum absolute atomic E-state index is 0.00343. The van der Waals surface area contributed by atoms with Crippen molar-refractivity contribution in [2.45, 2.75) is 13.0 Å². The molecule has 80 valence electrons. The summed E-state index contributed by atoms with van der Waals surface area (Å²) in [7, 11) is 0. The van der Waals surface area contributed by atoms with E-state index in [4.69, 9.17) is 0 Å². The topological polar surface area (TPSA) is 41.1 Å². The van der Waals surface area contributed by atoms with Crippen molar-refractivity contribution in [3.05, 3.63) is 36.4 Å². The summed E-state index contributed by atoms with van der Waals surface area (Å²) in [6, 6.07) is 11.8. The smallest absolute Gasteiger partial charge is 0.246 e. The molecule has 1 unspecified atom stereocenters. The highest BCUT2D eigenvalue weighted by Crippen LogP contribution is 2.32. The number of hydrogen-bond acceptors (Lipinski definition) is 2. The molecule has 0 aromatic heterocycles. The van der Waals surface area contributed by atoms with Crippen molar-refractivity contribution in [3.8, 4) is 0 Å². The first-order valence-corrected chi connectivity index (χ1v) is 5.35. The predicted molar refractivity (Wildman–Crippen MR) is 65.7 cm³/mol. The standard InChI is InChI=1S/C13H12N2O/c1-8-13(16)15-11-7-3-5-9-4-2-6-10(14-8)12(9)11/h2-8,14H,1H3,(H,15,16). The van der Waals surface area contributed by atoms with E-state index >= 15 is 0 Å². The Labute approximate surface area is 93.5 Å². The molecule has 3 nitrogen and oxygen atoms in total. The van der Waals surface area contributed by atoms with Crippen molar-refractivity contribution >= 4 is 28.1 Å². The molecule has 0 saturated carbocycles. The number of nitrogens with one attached hydrogen (secondary N) is 2. The van der Waals surface area contributed by atoms with Crippen molar-refractivity contribution in [3.63, 3.8) is 0 Å². The van der Waals surface area contributed by atoms with Crippen molar-refractivity contribution in [1.82, 2.24) is 0 Å². The summed E-state index contributed by atoms with van der Waals surface area (Å²) in [5.74, 6) is 0.00343. The first-order valence-electron chi connectivity index (χ1n) is 5.35. The van der Waals surface area contributed by atoms with E-state index in [-0.39, 0.29) is 11.9 Å². The lowest BCUT2D eigenvalue weighted by Gasteiger charge is -2.10. The summed E-state index contributed by atoms with van der Waals surface area (Å²) < 4.78 is 0. The van der Waals surface area contributed by atoms with Gasteiger partial charge in [0.2, 0.25) is 5.91 Å². The average Bonchev–Trinajstić information content (AvgIpc) is 2.40. The van der Waals surface area contributed by atoms with E-state index in [2.05, 4.69) is 10.6 Å². The van der Waals surface area contributed by atoms with Crippen LogP contribution in [0.5, 0.6) is 0 Å². The molecule has 1 aliphatic rings. The first-order chi connectivity index (χ1) is 7.75. The Morgan fingerprint density at radius 1 is 1.06 bits per heavy atom. The number of anilines is 2. The largest absolute Gasteiger partial charge is 0.373 e. The summed E-state index contributed by atoms with van der Waals surface area (Å²) in [5.41, 5.74) is 1.90. The molecule has 0 aliphatic carbocycles. The fourth-order valence-corrected chi connectivity index (χ4v) is 2.11. The maximum absolute atomic E-state index is 11.7. The summed E-state index contributed by atoms with van der Waals surface area (Å²) >= 11 is 0. The fourth-order valence-electron chi connectivity index (χ4n) is 2.11. The second-order valence-electron chi connectivity index (χ2n) is 4.06. The number of rotatable bonds is 0. The monoisotopic (exact) mass is 212 g/mol. The van der Waals surface area contributed by atoms with Crippen LogP contribution in [0.25, 0.3) is 10.8 Å². The highest BCUT2D eigenvalue weighted by Gasteiger charge is 2.19. The molecule has 0 bridgehead atoms.